The zero-order valence-electron chi connectivity index (χ0n) is 15.9. The van der Waals surface area contributed by atoms with E-state index in [1.807, 2.05) is 29.2 Å². The summed E-state index contributed by atoms with van der Waals surface area (Å²) in [6.07, 6.45) is 1.28. The molecule has 1 saturated heterocycles. The topological polar surface area (TPSA) is 93.9 Å². The first-order valence-corrected chi connectivity index (χ1v) is 9.43. The largest absolute Gasteiger partial charge is 0.454 e. The van der Waals surface area contributed by atoms with Crippen molar-refractivity contribution < 1.29 is 19.1 Å². The number of nitrogens with zero attached hydrogens (tertiary/aromatic N) is 1. The zero-order valence-corrected chi connectivity index (χ0v) is 16.7. The predicted molar refractivity (Wildman–Crippen MR) is 111 cm³/mol. The van der Waals surface area contributed by atoms with Gasteiger partial charge in [0.1, 0.15) is 0 Å². The van der Waals surface area contributed by atoms with Gasteiger partial charge in [0.15, 0.2) is 11.5 Å². The molecule has 3 N–H and O–H groups in total. The van der Waals surface area contributed by atoms with Crippen molar-refractivity contribution in [3.63, 3.8) is 0 Å². The maximum atomic E-state index is 12.6. The Bertz CT molecular complexity index is 880. The number of carbonyl (C=O) groups is 2. The van der Waals surface area contributed by atoms with Crippen LogP contribution in [0.15, 0.2) is 42.5 Å². The molecule has 2 aromatic carbocycles. The second kappa shape index (κ2) is 9.15. The minimum Gasteiger partial charge on any atom is -0.454 e. The average molecular weight is 418 g/mol. The quantitative estimate of drug-likeness (QED) is 0.797. The number of halogens is 1. The summed E-state index contributed by atoms with van der Waals surface area (Å²) in [5.41, 5.74) is 7.93. The van der Waals surface area contributed by atoms with Gasteiger partial charge < -0.3 is 25.4 Å². The Hall–Kier alpha value is -2.77. The summed E-state index contributed by atoms with van der Waals surface area (Å²) in [7, 11) is 0. The van der Waals surface area contributed by atoms with Gasteiger partial charge in [-0.3, -0.25) is 9.59 Å². The molecule has 0 spiro atoms. The summed E-state index contributed by atoms with van der Waals surface area (Å²) in [5.74, 6) is 1.17. The van der Waals surface area contributed by atoms with Gasteiger partial charge in [0.25, 0.3) is 5.91 Å². The second-order valence-electron chi connectivity index (χ2n) is 7.02. The van der Waals surface area contributed by atoms with Gasteiger partial charge in [-0.25, -0.2) is 0 Å². The summed E-state index contributed by atoms with van der Waals surface area (Å²) in [4.78, 5) is 27.0. The highest BCUT2D eigenvalue weighted by molar-refractivity contribution is 5.95. The Labute approximate surface area is 175 Å². The molecule has 4 rings (SSSR count). The zero-order chi connectivity index (χ0) is 19.5. The molecule has 7 nitrogen and oxygen atoms in total. The molecule has 2 aliphatic rings. The third kappa shape index (κ3) is 4.63. The predicted octanol–water partition coefficient (Wildman–Crippen LogP) is 2.79. The van der Waals surface area contributed by atoms with Crippen LogP contribution < -0.4 is 20.5 Å². The van der Waals surface area contributed by atoms with Crippen molar-refractivity contribution >= 4 is 29.9 Å². The molecule has 0 saturated carbocycles. The van der Waals surface area contributed by atoms with E-state index in [0.29, 0.717) is 55.2 Å². The van der Waals surface area contributed by atoms with E-state index in [2.05, 4.69) is 5.32 Å². The van der Waals surface area contributed by atoms with E-state index in [1.54, 1.807) is 18.2 Å². The van der Waals surface area contributed by atoms with Gasteiger partial charge >= 0.3 is 0 Å². The van der Waals surface area contributed by atoms with Gasteiger partial charge in [0.05, 0.1) is 0 Å². The molecule has 0 bridgehead atoms. The van der Waals surface area contributed by atoms with E-state index >= 15 is 0 Å². The number of hydrogen-bond acceptors (Lipinski definition) is 5. The minimum absolute atomic E-state index is 0. The first-order valence-electron chi connectivity index (χ1n) is 9.43. The summed E-state index contributed by atoms with van der Waals surface area (Å²) in [6.45, 7) is 1.79. The molecule has 2 aliphatic heterocycles. The fourth-order valence-electron chi connectivity index (χ4n) is 3.53. The highest BCUT2D eigenvalue weighted by atomic mass is 35.5. The second-order valence-corrected chi connectivity index (χ2v) is 7.02. The van der Waals surface area contributed by atoms with Gasteiger partial charge in [-0.05, 0) is 42.7 Å². The van der Waals surface area contributed by atoms with E-state index < -0.39 is 0 Å². The molecule has 2 heterocycles. The lowest BCUT2D eigenvalue weighted by atomic mass is 9.95. The summed E-state index contributed by atoms with van der Waals surface area (Å²) >= 11 is 0. The van der Waals surface area contributed by atoms with Gasteiger partial charge in [0.2, 0.25) is 12.7 Å². The number of ether oxygens (including phenoxy) is 2. The van der Waals surface area contributed by atoms with Gasteiger partial charge in [0, 0.05) is 42.9 Å². The van der Waals surface area contributed by atoms with Crippen LogP contribution in [0.3, 0.4) is 0 Å². The highest BCUT2D eigenvalue weighted by Gasteiger charge is 2.28. The van der Waals surface area contributed by atoms with Gasteiger partial charge in [-0.1, -0.05) is 12.1 Å². The number of nitrogens with two attached hydrogens (primary N) is 1. The van der Waals surface area contributed by atoms with Crippen molar-refractivity contribution in [2.45, 2.75) is 19.4 Å². The van der Waals surface area contributed by atoms with Crippen LogP contribution in [0.5, 0.6) is 11.5 Å². The van der Waals surface area contributed by atoms with Crippen LogP contribution in [-0.4, -0.2) is 36.6 Å². The summed E-state index contributed by atoms with van der Waals surface area (Å²) in [5, 5.41) is 2.94. The molecule has 154 valence electrons. The lowest BCUT2D eigenvalue weighted by molar-refractivity contribution is -0.121. The average Bonchev–Trinajstić information content (AvgIpc) is 3.21. The molecular formula is C21H24ClN3O4. The van der Waals surface area contributed by atoms with Crippen molar-refractivity contribution in [1.82, 2.24) is 4.90 Å². The van der Waals surface area contributed by atoms with Crippen LogP contribution in [0.25, 0.3) is 0 Å². The molecule has 0 radical (unpaired) electrons. The molecule has 2 amide bonds. The van der Waals surface area contributed by atoms with Crippen LogP contribution in [0.4, 0.5) is 5.69 Å². The molecule has 1 fully saturated rings. The number of rotatable bonds is 4. The van der Waals surface area contributed by atoms with Crippen molar-refractivity contribution in [1.29, 1.82) is 0 Å². The number of carbonyl (C=O) groups excluding carboxylic acids is 2. The molecule has 0 aromatic heterocycles. The molecule has 8 heteroatoms. The first-order chi connectivity index (χ1) is 13.6. The fourth-order valence-corrected chi connectivity index (χ4v) is 3.53. The number of nitrogens with one attached hydrogen (secondary N) is 1. The Morgan fingerprint density at radius 3 is 2.41 bits per heavy atom. The molecule has 2 aromatic rings. The first kappa shape index (κ1) is 21.0. The number of fused-ring (bicyclic) bond motifs is 1. The lowest BCUT2D eigenvalue weighted by Crippen LogP contribution is -2.41. The van der Waals surface area contributed by atoms with Crippen LogP contribution in [0, 0.1) is 5.92 Å². The third-order valence-electron chi connectivity index (χ3n) is 5.23. The third-order valence-corrected chi connectivity index (χ3v) is 5.23. The Morgan fingerprint density at radius 2 is 1.72 bits per heavy atom. The summed E-state index contributed by atoms with van der Waals surface area (Å²) < 4.78 is 10.6. The SMILES string of the molecule is Cl.NCc1ccc(C(=O)N2CCC(C(=O)Nc3ccc4c(c3)OCO4)CC2)cc1. The molecule has 0 aliphatic carbocycles. The molecular weight excluding hydrogens is 394 g/mol. The number of likely N-dealkylation sites (tertiary alicyclic amines) is 1. The van der Waals surface area contributed by atoms with Crippen molar-refractivity contribution in [3.8, 4) is 11.5 Å². The van der Waals surface area contributed by atoms with E-state index in [1.165, 1.54) is 0 Å². The van der Waals surface area contributed by atoms with E-state index in [-0.39, 0.29) is 36.9 Å². The van der Waals surface area contributed by atoms with Crippen molar-refractivity contribution in [3.05, 3.63) is 53.6 Å². The van der Waals surface area contributed by atoms with Crippen LogP contribution in [0.2, 0.25) is 0 Å². The maximum Gasteiger partial charge on any atom is 0.253 e. The number of amides is 2. The van der Waals surface area contributed by atoms with Crippen molar-refractivity contribution in [2.24, 2.45) is 11.7 Å². The molecule has 0 atom stereocenters. The minimum atomic E-state index is -0.117. The van der Waals surface area contributed by atoms with Crippen LogP contribution in [0.1, 0.15) is 28.8 Å². The number of hydrogen-bond donors (Lipinski definition) is 2. The van der Waals surface area contributed by atoms with E-state index in [4.69, 9.17) is 15.2 Å². The maximum absolute atomic E-state index is 12.6. The fraction of sp³-hybridized carbons (Fsp3) is 0.333. The van der Waals surface area contributed by atoms with Crippen LogP contribution in [-0.2, 0) is 11.3 Å². The lowest BCUT2D eigenvalue weighted by Gasteiger charge is -2.31. The van der Waals surface area contributed by atoms with Crippen LogP contribution >= 0.6 is 12.4 Å². The Balaban J connectivity index is 0.00000240. The normalized spacial score (nSPS) is 15.6. The van der Waals surface area contributed by atoms with E-state index in [9.17, 15) is 9.59 Å². The number of piperidine rings is 1. The smallest absolute Gasteiger partial charge is 0.253 e. The Morgan fingerprint density at radius 1 is 1.03 bits per heavy atom. The van der Waals surface area contributed by atoms with E-state index in [0.717, 1.165) is 5.56 Å². The molecule has 0 unspecified atom stereocenters. The Kier molecular flexibility index (Phi) is 6.61. The van der Waals surface area contributed by atoms with Gasteiger partial charge in [-0.15, -0.1) is 12.4 Å². The molecule has 29 heavy (non-hydrogen) atoms. The summed E-state index contributed by atoms with van der Waals surface area (Å²) in [6, 6.07) is 12.7. The van der Waals surface area contributed by atoms with Crippen molar-refractivity contribution in [2.75, 3.05) is 25.2 Å². The number of anilines is 1. The monoisotopic (exact) mass is 417 g/mol. The number of benzene rings is 2. The highest BCUT2D eigenvalue weighted by Crippen LogP contribution is 2.34. The standard InChI is InChI=1S/C21H23N3O4.ClH/c22-12-14-1-3-16(4-2-14)21(26)24-9-7-15(8-10-24)20(25)23-17-5-6-18-19(11-17)28-13-27-18;/h1-6,11,15H,7-10,12-13,22H2,(H,23,25);1H. The van der Waals surface area contributed by atoms with Gasteiger partial charge in [-0.2, -0.15) is 0 Å².